The highest BCUT2D eigenvalue weighted by Gasteiger charge is 2.54. The van der Waals surface area contributed by atoms with Crippen LogP contribution in [-0.2, 0) is 6.42 Å². The van der Waals surface area contributed by atoms with Gasteiger partial charge in [0.2, 0.25) is 0 Å². The lowest BCUT2D eigenvalue weighted by Gasteiger charge is -2.56. The van der Waals surface area contributed by atoms with Crippen LogP contribution < -0.4 is 15.0 Å². The predicted molar refractivity (Wildman–Crippen MR) is 108 cm³/mol. The van der Waals surface area contributed by atoms with Gasteiger partial charge in [-0.2, -0.15) is 0 Å². The van der Waals surface area contributed by atoms with E-state index >= 15 is 0 Å². The van der Waals surface area contributed by atoms with Crippen molar-refractivity contribution in [1.29, 1.82) is 0 Å². The van der Waals surface area contributed by atoms with E-state index in [0.717, 1.165) is 17.7 Å². The number of rotatable bonds is 3. The van der Waals surface area contributed by atoms with Crippen LogP contribution in [0.2, 0.25) is 0 Å². The van der Waals surface area contributed by atoms with E-state index in [2.05, 4.69) is 31.3 Å². The Labute approximate surface area is 163 Å². The van der Waals surface area contributed by atoms with E-state index in [1.807, 2.05) is 24.0 Å². The molecule has 2 aromatic carbocycles. The fraction of sp³-hybridized carbons (Fsp3) is 0.350. The van der Waals surface area contributed by atoms with Gasteiger partial charge in [-0.1, -0.05) is 32.0 Å². The Hall–Kier alpha value is -2.67. The zero-order valence-corrected chi connectivity index (χ0v) is 16.2. The molecule has 0 aliphatic carbocycles. The summed E-state index contributed by atoms with van der Waals surface area (Å²) in [4.78, 5) is 12.8. The summed E-state index contributed by atoms with van der Waals surface area (Å²) in [5, 5.41) is 15.2. The largest absolute Gasteiger partial charge is 0.467 e. The third kappa shape index (κ3) is 2.56. The van der Waals surface area contributed by atoms with Gasteiger partial charge < -0.3 is 10.1 Å². The van der Waals surface area contributed by atoms with Gasteiger partial charge in [-0.15, -0.1) is 0 Å². The first-order chi connectivity index (χ1) is 12.9. The van der Waals surface area contributed by atoms with Crippen LogP contribution in [0.3, 0.4) is 0 Å². The number of para-hydroxylation sites is 1. The minimum absolute atomic E-state index is 0.0172. The van der Waals surface area contributed by atoms with Crippen LogP contribution in [0.5, 0.6) is 5.75 Å². The van der Waals surface area contributed by atoms with Crippen molar-refractivity contribution >= 4 is 28.7 Å². The average molecular weight is 383 g/mol. The van der Waals surface area contributed by atoms with Crippen molar-refractivity contribution < 1.29 is 9.66 Å². The molecule has 1 fully saturated rings. The van der Waals surface area contributed by atoms with Gasteiger partial charge in [-0.25, -0.2) is 0 Å². The van der Waals surface area contributed by atoms with Crippen LogP contribution in [0, 0.1) is 16.0 Å². The van der Waals surface area contributed by atoms with Crippen molar-refractivity contribution in [1.82, 2.24) is 5.32 Å². The van der Waals surface area contributed by atoms with Gasteiger partial charge in [0.1, 0.15) is 5.75 Å². The fourth-order valence-electron chi connectivity index (χ4n) is 4.11. The van der Waals surface area contributed by atoms with Crippen molar-refractivity contribution in [3.05, 3.63) is 63.7 Å². The SMILES string of the molecule is CCc1ccccc1N1C(=S)N[C@@H]2c3cc([N+](=O)[O-])ccc3O[C@]1(C)[C@H]2C. The van der Waals surface area contributed by atoms with E-state index in [1.165, 1.54) is 11.6 Å². The number of aryl methyl sites for hydroxylation is 1. The first-order valence-corrected chi connectivity index (χ1v) is 9.43. The lowest BCUT2D eigenvalue weighted by molar-refractivity contribution is -0.385. The third-order valence-electron chi connectivity index (χ3n) is 5.74. The van der Waals surface area contributed by atoms with Gasteiger partial charge in [-0.3, -0.25) is 15.0 Å². The molecule has 0 unspecified atom stereocenters. The van der Waals surface area contributed by atoms with Gasteiger partial charge in [0, 0.05) is 23.6 Å². The molecule has 7 heteroatoms. The molecule has 0 saturated carbocycles. The van der Waals surface area contributed by atoms with Crippen LogP contribution in [0.1, 0.15) is 37.9 Å². The Balaban J connectivity index is 1.85. The lowest BCUT2D eigenvalue weighted by atomic mass is 9.80. The number of nitro benzene ring substituents is 1. The zero-order valence-electron chi connectivity index (χ0n) is 15.4. The molecule has 2 heterocycles. The number of anilines is 1. The molecule has 6 nitrogen and oxygen atoms in total. The second kappa shape index (κ2) is 6.20. The summed E-state index contributed by atoms with van der Waals surface area (Å²) in [6.45, 7) is 6.24. The van der Waals surface area contributed by atoms with Crippen LogP contribution in [-0.4, -0.2) is 15.8 Å². The Bertz CT molecular complexity index is 948. The van der Waals surface area contributed by atoms with Gasteiger partial charge >= 0.3 is 0 Å². The first kappa shape index (κ1) is 17.7. The van der Waals surface area contributed by atoms with E-state index in [9.17, 15) is 10.1 Å². The molecule has 2 aromatic rings. The highest BCUT2D eigenvalue weighted by Crippen LogP contribution is 2.50. The molecule has 27 heavy (non-hydrogen) atoms. The number of hydrogen-bond donors (Lipinski definition) is 1. The lowest BCUT2D eigenvalue weighted by Crippen LogP contribution is -2.69. The number of hydrogen-bond acceptors (Lipinski definition) is 4. The number of nitrogens with one attached hydrogen (secondary N) is 1. The summed E-state index contributed by atoms with van der Waals surface area (Å²) in [5.41, 5.74) is 2.35. The molecule has 0 radical (unpaired) electrons. The number of nitro groups is 1. The van der Waals surface area contributed by atoms with E-state index in [-0.39, 0.29) is 22.6 Å². The normalized spacial score (nSPS) is 26.0. The quantitative estimate of drug-likeness (QED) is 0.483. The maximum Gasteiger partial charge on any atom is 0.270 e. The summed E-state index contributed by atoms with van der Waals surface area (Å²) in [6, 6.07) is 12.8. The Morgan fingerprint density at radius 3 is 2.78 bits per heavy atom. The predicted octanol–water partition coefficient (Wildman–Crippen LogP) is 4.34. The van der Waals surface area contributed by atoms with Crippen molar-refractivity contribution in [3.63, 3.8) is 0 Å². The van der Waals surface area contributed by atoms with Crippen molar-refractivity contribution in [2.24, 2.45) is 5.92 Å². The summed E-state index contributed by atoms with van der Waals surface area (Å²) in [6.07, 6.45) is 0.881. The second-order valence-corrected chi connectivity index (χ2v) is 7.56. The van der Waals surface area contributed by atoms with E-state index in [4.69, 9.17) is 17.0 Å². The third-order valence-corrected chi connectivity index (χ3v) is 6.04. The maximum atomic E-state index is 11.2. The Morgan fingerprint density at radius 1 is 1.33 bits per heavy atom. The number of fused-ring (bicyclic) bond motifs is 4. The van der Waals surface area contributed by atoms with Crippen LogP contribution in [0.4, 0.5) is 11.4 Å². The van der Waals surface area contributed by atoms with Crippen molar-refractivity contribution in [2.45, 2.75) is 39.0 Å². The van der Waals surface area contributed by atoms with Gasteiger partial charge in [0.25, 0.3) is 5.69 Å². The molecule has 1 saturated heterocycles. The number of nitrogens with zero attached hydrogens (tertiary/aromatic N) is 2. The topological polar surface area (TPSA) is 67.6 Å². The van der Waals surface area contributed by atoms with Crippen LogP contribution in [0.15, 0.2) is 42.5 Å². The molecule has 0 spiro atoms. The molecule has 2 bridgehead atoms. The standard InChI is InChI=1S/C20H21N3O3S/c1-4-13-7-5-6-8-16(13)22-19(27)21-18-12(2)20(22,3)26-17-10-9-14(23(24)25)11-15(17)18/h5-12,18H,4H2,1-3H3,(H,21,27)/t12-,18-,20+/m0/s1. The highest BCUT2D eigenvalue weighted by molar-refractivity contribution is 7.80. The van der Waals surface area contributed by atoms with Crippen LogP contribution >= 0.6 is 12.2 Å². The molecule has 2 aliphatic heterocycles. The Kier molecular flexibility index (Phi) is 4.07. The smallest absolute Gasteiger partial charge is 0.270 e. The molecule has 2 aliphatic rings. The average Bonchev–Trinajstić information content (AvgIpc) is 2.64. The molecule has 0 aromatic heterocycles. The minimum atomic E-state index is -0.693. The molecule has 0 amide bonds. The van der Waals surface area contributed by atoms with Gasteiger partial charge in [0.15, 0.2) is 10.8 Å². The van der Waals surface area contributed by atoms with E-state index in [1.54, 1.807) is 12.1 Å². The number of benzene rings is 2. The van der Waals surface area contributed by atoms with E-state index < -0.39 is 5.72 Å². The fourth-order valence-corrected chi connectivity index (χ4v) is 4.51. The molecule has 4 rings (SSSR count). The highest BCUT2D eigenvalue weighted by atomic mass is 32.1. The van der Waals surface area contributed by atoms with Crippen LogP contribution in [0.25, 0.3) is 0 Å². The molecular formula is C20H21N3O3S. The first-order valence-electron chi connectivity index (χ1n) is 9.02. The summed E-state index contributed by atoms with van der Waals surface area (Å²) in [5.74, 6) is 0.670. The monoisotopic (exact) mass is 383 g/mol. The Morgan fingerprint density at radius 2 is 2.07 bits per heavy atom. The van der Waals surface area contributed by atoms with Crippen molar-refractivity contribution in [2.75, 3.05) is 4.90 Å². The summed E-state index contributed by atoms with van der Waals surface area (Å²) in [7, 11) is 0. The molecular weight excluding hydrogens is 362 g/mol. The molecule has 140 valence electrons. The van der Waals surface area contributed by atoms with E-state index in [0.29, 0.717) is 10.9 Å². The van der Waals surface area contributed by atoms with Gasteiger partial charge in [-0.05, 0) is 43.3 Å². The molecule has 3 atom stereocenters. The number of ether oxygens (including phenoxy) is 1. The second-order valence-electron chi connectivity index (χ2n) is 7.17. The maximum absolute atomic E-state index is 11.2. The zero-order chi connectivity index (χ0) is 19.3. The summed E-state index contributed by atoms with van der Waals surface area (Å²) >= 11 is 5.71. The summed E-state index contributed by atoms with van der Waals surface area (Å²) < 4.78 is 6.45. The number of thiocarbonyl (C=S) groups is 1. The minimum Gasteiger partial charge on any atom is -0.467 e. The van der Waals surface area contributed by atoms with Gasteiger partial charge in [0.05, 0.1) is 16.7 Å². The number of non-ortho nitro benzene ring substituents is 1. The van der Waals surface area contributed by atoms with Crippen molar-refractivity contribution in [3.8, 4) is 5.75 Å². The molecule has 1 N–H and O–H groups in total.